The van der Waals surface area contributed by atoms with Crippen LogP contribution < -0.4 is 5.73 Å². The molecule has 2 rings (SSSR count). The molecule has 0 bridgehead atoms. The van der Waals surface area contributed by atoms with Gasteiger partial charge < -0.3 is 5.73 Å². The van der Waals surface area contributed by atoms with Crippen LogP contribution in [0.15, 0.2) is 46.9 Å². The summed E-state index contributed by atoms with van der Waals surface area (Å²) in [6, 6.07) is 7.86. The Bertz CT molecular complexity index is 432. The zero-order chi connectivity index (χ0) is 10.7. The Morgan fingerprint density at radius 3 is 3.00 bits per heavy atom. The quantitative estimate of drug-likeness (QED) is 0.728. The highest BCUT2D eigenvalue weighted by Crippen LogP contribution is 2.20. The van der Waals surface area contributed by atoms with E-state index >= 15 is 0 Å². The predicted octanol–water partition coefficient (Wildman–Crippen LogP) is 2.05. The molecule has 0 amide bonds. The van der Waals surface area contributed by atoms with E-state index in [-0.39, 0.29) is 6.17 Å². The van der Waals surface area contributed by atoms with Gasteiger partial charge in [-0.15, -0.1) is 6.58 Å². The molecule has 0 spiro atoms. The summed E-state index contributed by atoms with van der Waals surface area (Å²) in [5, 5.41) is 0. The second kappa shape index (κ2) is 4.19. The number of hydrogen-bond donors (Lipinski definition) is 1. The van der Waals surface area contributed by atoms with Crippen LogP contribution in [0.25, 0.3) is 0 Å². The number of benzene rings is 1. The average molecular weight is 199 g/mol. The summed E-state index contributed by atoms with van der Waals surface area (Å²) in [5.74, 6) is 0. The summed E-state index contributed by atoms with van der Waals surface area (Å²) in [6.07, 6.45) is 3.89. The number of hydrogen-bond acceptors (Lipinski definition) is 3. The normalized spacial score (nSPS) is 19.0. The topological polar surface area (TPSA) is 50.7 Å². The molecule has 1 aromatic carbocycles. The molecule has 3 heteroatoms. The van der Waals surface area contributed by atoms with Crippen LogP contribution in [0.5, 0.6) is 0 Å². The highest BCUT2D eigenvalue weighted by molar-refractivity contribution is 5.99. The molecule has 3 nitrogen and oxygen atoms in total. The molecule has 1 unspecified atom stereocenters. The second-order valence-corrected chi connectivity index (χ2v) is 3.38. The fraction of sp³-hybridized carbons (Fsp3) is 0.167. The van der Waals surface area contributed by atoms with Crippen LogP contribution in [0, 0.1) is 0 Å². The van der Waals surface area contributed by atoms with Gasteiger partial charge in [0, 0.05) is 18.2 Å². The van der Waals surface area contributed by atoms with Crippen LogP contribution in [0.4, 0.5) is 5.69 Å². The molecule has 1 heterocycles. The number of nitrogens with zero attached hydrogens (tertiary/aromatic N) is 2. The van der Waals surface area contributed by atoms with Gasteiger partial charge in [-0.1, -0.05) is 24.3 Å². The van der Waals surface area contributed by atoms with Crippen molar-refractivity contribution >= 4 is 17.6 Å². The van der Waals surface area contributed by atoms with Crippen LogP contribution >= 0.6 is 0 Å². The van der Waals surface area contributed by atoms with Gasteiger partial charge in [0.25, 0.3) is 0 Å². The number of rotatable bonds is 2. The maximum absolute atomic E-state index is 5.87. The van der Waals surface area contributed by atoms with E-state index in [0.717, 1.165) is 17.0 Å². The molecule has 1 aliphatic rings. The van der Waals surface area contributed by atoms with E-state index in [0.29, 0.717) is 6.42 Å². The van der Waals surface area contributed by atoms with Crippen molar-refractivity contribution in [1.29, 1.82) is 0 Å². The Morgan fingerprint density at radius 2 is 2.20 bits per heavy atom. The molecule has 1 aromatic rings. The van der Waals surface area contributed by atoms with E-state index in [4.69, 9.17) is 5.73 Å². The Labute approximate surface area is 89.1 Å². The van der Waals surface area contributed by atoms with E-state index in [1.807, 2.05) is 24.3 Å². The Balaban J connectivity index is 2.47. The monoisotopic (exact) mass is 199 g/mol. The first-order chi connectivity index (χ1) is 7.31. The highest BCUT2D eigenvalue weighted by Gasteiger charge is 2.12. The lowest BCUT2D eigenvalue weighted by Gasteiger charge is -2.06. The summed E-state index contributed by atoms with van der Waals surface area (Å²) in [5.41, 5.74) is 8.65. The average Bonchev–Trinajstić information content (AvgIpc) is 2.41. The Morgan fingerprint density at radius 1 is 1.40 bits per heavy atom. The number of fused-ring (bicyclic) bond motifs is 1. The van der Waals surface area contributed by atoms with Crippen LogP contribution in [0.2, 0.25) is 0 Å². The SMILES string of the molecule is C=CCC1=Nc2ccccc2C=NC1N. The van der Waals surface area contributed by atoms with Gasteiger partial charge in [0.05, 0.1) is 11.4 Å². The fourth-order valence-electron chi connectivity index (χ4n) is 1.48. The molecule has 0 saturated heterocycles. The van der Waals surface area contributed by atoms with Gasteiger partial charge in [-0.05, 0) is 6.07 Å². The van der Waals surface area contributed by atoms with Crippen molar-refractivity contribution in [2.75, 3.05) is 0 Å². The first kappa shape index (κ1) is 9.80. The number of aliphatic imine (C=N–C) groups is 2. The molecule has 0 saturated carbocycles. The second-order valence-electron chi connectivity index (χ2n) is 3.38. The van der Waals surface area contributed by atoms with E-state index in [9.17, 15) is 0 Å². The first-order valence-electron chi connectivity index (χ1n) is 4.87. The molecule has 2 N–H and O–H groups in total. The molecule has 76 valence electrons. The predicted molar refractivity (Wildman–Crippen MR) is 63.9 cm³/mol. The number of para-hydroxylation sites is 1. The van der Waals surface area contributed by atoms with Gasteiger partial charge in [0.1, 0.15) is 6.17 Å². The zero-order valence-corrected chi connectivity index (χ0v) is 8.43. The summed E-state index contributed by atoms with van der Waals surface area (Å²) in [6.45, 7) is 3.69. The minimum atomic E-state index is -0.351. The van der Waals surface area contributed by atoms with Crippen LogP contribution in [-0.2, 0) is 0 Å². The van der Waals surface area contributed by atoms with Crippen molar-refractivity contribution in [2.45, 2.75) is 12.6 Å². The Kier molecular flexibility index (Phi) is 2.74. The molecule has 0 aliphatic carbocycles. The lowest BCUT2D eigenvalue weighted by atomic mass is 10.2. The molecule has 0 fully saturated rings. The van der Waals surface area contributed by atoms with Gasteiger partial charge >= 0.3 is 0 Å². The molecule has 1 aliphatic heterocycles. The minimum Gasteiger partial charge on any atom is -0.305 e. The largest absolute Gasteiger partial charge is 0.305 e. The lowest BCUT2D eigenvalue weighted by molar-refractivity contribution is 0.914. The van der Waals surface area contributed by atoms with E-state index in [2.05, 4.69) is 16.6 Å². The third-order valence-electron chi connectivity index (χ3n) is 2.27. The van der Waals surface area contributed by atoms with Gasteiger partial charge in [0.15, 0.2) is 0 Å². The summed E-state index contributed by atoms with van der Waals surface area (Å²) < 4.78 is 0. The molecular weight excluding hydrogens is 186 g/mol. The third-order valence-corrected chi connectivity index (χ3v) is 2.27. The van der Waals surface area contributed by atoms with E-state index in [1.165, 1.54) is 0 Å². The summed E-state index contributed by atoms with van der Waals surface area (Å²) in [7, 11) is 0. The summed E-state index contributed by atoms with van der Waals surface area (Å²) >= 11 is 0. The standard InChI is InChI=1S/C12H13N3/c1-2-5-11-12(13)14-8-9-6-3-4-7-10(9)15-11/h2-4,6-8,12H,1,5,13H2. The number of nitrogens with two attached hydrogens (primary N) is 1. The van der Waals surface area contributed by atoms with Crippen molar-refractivity contribution in [3.05, 3.63) is 42.5 Å². The minimum absolute atomic E-state index is 0.351. The van der Waals surface area contributed by atoms with Crippen LogP contribution in [0.1, 0.15) is 12.0 Å². The van der Waals surface area contributed by atoms with E-state index < -0.39 is 0 Å². The van der Waals surface area contributed by atoms with Gasteiger partial charge in [-0.3, -0.25) is 9.98 Å². The van der Waals surface area contributed by atoms with Gasteiger partial charge in [0.2, 0.25) is 0 Å². The Hall–Kier alpha value is -1.74. The highest BCUT2D eigenvalue weighted by atomic mass is 15.0. The maximum atomic E-state index is 5.87. The third kappa shape index (κ3) is 2.02. The van der Waals surface area contributed by atoms with Crippen molar-refractivity contribution in [3.63, 3.8) is 0 Å². The number of allylic oxidation sites excluding steroid dienone is 1. The van der Waals surface area contributed by atoms with E-state index in [1.54, 1.807) is 12.3 Å². The molecule has 15 heavy (non-hydrogen) atoms. The lowest BCUT2D eigenvalue weighted by Crippen LogP contribution is -2.27. The molecular formula is C12H13N3. The molecule has 0 aromatic heterocycles. The van der Waals surface area contributed by atoms with Gasteiger partial charge in [-0.25, -0.2) is 0 Å². The van der Waals surface area contributed by atoms with Crippen LogP contribution in [0.3, 0.4) is 0 Å². The van der Waals surface area contributed by atoms with Gasteiger partial charge in [-0.2, -0.15) is 0 Å². The van der Waals surface area contributed by atoms with Crippen molar-refractivity contribution < 1.29 is 0 Å². The van der Waals surface area contributed by atoms with Crippen molar-refractivity contribution in [3.8, 4) is 0 Å². The van der Waals surface area contributed by atoms with Crippen molar-refractivity contribution in [1.82, 2.24) is 0 Å². The zero-order valence-electron chi connectivity index (χ0n) is 8.43. The maximum Gasteiger partial charge on any atom is 0.136 e. The van der Waals surface area contributed by atoms with Crippen LogP contribution in [-0.4, -0.2) is 18.1 Å². The summed E-state index contributed by atoms with van der Waals surface area (Å²) in [4.78, 5) is 8.74. The fourth-order valence-corrected chi connectivity index (χ4v) is 1.48. The molecule has 0 radical (unpaired) electrons. The molecule has 1 atom stereocenters. The smallest absolute Gasteiger partial charge is 0.136 e. The first-order valence-corrected chi connectivity index (χ1v) is 4.87. The van der Waals surface area contributed by atoms with Crippen molar-refractivity contribution in [2.24, 2.45) is 15.7 Å².